The summed E-state index contributed by atoms with van der Waals surface area (Å²) < 4.78 is 0. The van der Waals surface area contributed by atoms with Crippen LogP contribution in [-0.4, -0.2) is 19.3 Å². The highest BCUT2D eigenvalue weighted by Crippen LogP contribution is 2.23. The zero-order valence-electron chi connectivity index (χ0n) is 9.64. The highest BCUT2D eigenvalue weighted by molar-refractivity contribution is 5.36. The van der Waals surface area contributed by atoms with Crippen molar-refractivity contribution in [3.8, 4) is 0 Å². The number of rotatable bonds is 6. The van der Waals surface area contributed by atoms with Crippen LogP contribution < -0.4 is 5.73 Å². The van der Waals surface area contributed by atoms with E-state index in [0.29, 0.717) is 6.54 Å². The summed E-state index contributed by atoms with van der Waals surface area (Å²) in [7, 11) is 0. The third-order valence-corrected chi connectivity index (χ3v) is 2.45. The minimum atomic E-state index is 0.158. The Morgan fingerprint density at radius 1 is 1.50 bits per heavy atom. The molecule has 2 nitrogen and oxygen atoms in total. The summed E-state index contributed by atoms with van der Waals surface area (Å²) in [4.78, 5) is 4.05. The van der Waals surface area contributed by atoms with Gasteiger partial charge < -0.3 is 5.73 Å². The molecule has 0 aromatic rings. The van der Waals surface area contributed by atoms with Crippen LogP contribution in [0.15, 0.2) is 28.3 Å². The number of hydrogen-bond donors (Lipinski definition) is 1. The third-order valence-electron chi connectivity index (χ3n) is 2.45. The van der Waals surface area contributed by atoms with E-state index >= 15 is 0 Å². The fourth-order valence-corrected chi connectivity index (χ4v) is 1.68. The minimum absolute atomic E-state index is 0.158. The Labute approximate surface area is 87.6 Å². The Hall–Kier alpha value is -0.890. The van der Waals surface area contributed by atoms with E-state index in [1.807, 2.05) is 6.92 Å². The molecule has 0 aliphatic rings. The maximum absolute atomic E-state index is 5.59. The van der Waals surface area contributed by atoms with Crippen molar-refractivity contribution in [1.29, 1.82) is 0 Å². The van der Waals surface area contributed by atoms with Gasteiger partial charge in [0, 0.05) is 0 Å². The molecular weight excluding hydrogens is 172 g/mol. The van der Waals surface area contributed by atoms with Gasteiger partial charge in [0.15, 0.2) is 0 Å². The van der Waals surface area contributed by atoms with E-state index in [1.165, 1.54) is 11.1 Å². The first kappa shape index (κ1) is 13.1. The van der Waals surface area contributed by atoms with Crippen LogP contribution in [0, 0.1) is 0 Å². The maximum atomic E-state index is 5.59. The van der Waals surface area contributed by atoms with Gasteiger partial charge in [0.05, 0.1) is 6.04 Å². The van der Waals surface area contributed by atoms with Crippen LogP contribution in [0.1, 0.15) is 33.6 Å². The average molecular weight is 194 g/mol. The van der Waals surface area contributed by atoms with Crippen molar-refractivity contribution in [2.24, 2.45) is 10.7 Å². The summed E-state index contributed by atoms with van der Waals surface area (Å²) in [5.41, 5.74) is 9.30. The molecule has 14 heavy (non-hydrogen) atoms. The van der Waals surface area contributed by atoms with E-state index in [-0.39, 0.29) is 6.04 Å². The lowest BCUT2D eigenvalue weighted by Gasteiger charge is -2.17. The lowest BCUT2D eigenvalue weighted by Crippen LogP contribution is -2.12. The molecule has 0 aromatic heterocycles. The topological polar surface area (TPSA) is 38.4 Å². The molecule has 0 aliphatic heterocycles. The predicted octanol–water partition coefficient (Wildman–Crippen LogP) is 2.71. The zero-order valence-corrected chi connectivity index (χ0v) is 9.64. The third kappa shape index (κ3) is 3.46. The summed E-state index contributed by atoms with van der Waals surface area (Å²) in [5.74, 6) is 0. The second-order valence-electron chi connectivity index (χ2n) is 3.53. The predicted molar refractivity (Wildman–Crippen MR) is 64.8 cm³/mol. The number of aliphatic imine (C=N–C) groups is 1. The van der Waals surface area contributed by atoms with E-state index in [2.05, 4.69) is 32.1 Å². The van der Waals surface area contributed by atoms with Crippen molar-refractivity contribution in [2.45, 2.75) is 39.7 Å². The van der Waals surface area contributed by atoms with E-state index in [9.17, 15) is 0 Å². The molecule has 0 radical (unpaired) electrons. The van der Waals surface area contributed by atoms with Crippen LogP contribution in [0.4, 0.5) is 0 Å². The number of nitrogens with two attached hydrogens (primary N) is 1. The van der Waals surface area contributed by atoms with E-state index in [4.69, 9.17) is 5.73 Å². The molecule has 80 valence electrons. The summed E-state index contributed by atoms with van der Waals surface area (Å²) in [6, 6.07) is 0.158. The van der Waals surface area contributed by atoms with Gasteiger partial charge in [-0.25, -0.2) is 0 Å². The van der Waals surface area contributed by atoms with Gasteiger partial charge in [0.25, 0.3) is 0 Å². The van der Waals surface area contributed by atoms with Gasteiger partial charge in [0.1, 0.15) is 0 Å². The fraction of sp³-hybridized carbons (Fsp3) is 0.583. The molecule has 0 aromatic carbocycles. The van der Waals surface area contributed by atoms with Crippen molar-refractivity contribution >= 4 is 6.72 Å². The van der Waals surface area contributed by atoms with Crippen molar-refractivity contribution < 1.29 is 0 Å². The number of allylic oxidation sites excluding steroid dienone is 2. The van der Waals surface area contributed by atoms with Crippen LogP contribution in [0.25, 0.3) is 0 Å². The van der Waals surface area contributed by atoms with Gasteiger partial charge in [-0.15, -0.1) is 0 Å². The van der Waals surface area contributed by atoms with Crippen LogP contribution in [0.3, 0.4) is 0 Å². The van der Waals surface area contributed by atoms with E-state index < -0.39 is 0 Å². The molecule has 0 aliphatic carbocycles. The first-order valence-corrected chi connectivity index (χ1v) is 5.12. The molecular formula is C12H22N2. The van der Waals surface area contributed by atoms with Crippen molar-refractivity contribution in [3.05, 3.63) is 23.3 Å². The Kier molecular flexibility index (Phi) is 6.13. The summed E-state index contributed by atoms with van der Waals surface area (Å²) in [5, 5.41) is 0. The van der Waals surface area contributed by atoms with E-state index in [0.717, 1.165) is 18.4 Å². The Morgan fingerprint density at radius 2 is 2.07 bits per heavy atom. The molecule has 0 rings (SSSR count). The van der Waals surface area contributed by atoms with Gasteiger partial charge in [-0.05, 0) is 51.1 Å². The summed E-state index contributed by atoms with van der Waals surface area (Å²) in [6.45, 7) is 14.4. The Morgan fingerprint density at radius 3 is 2.36 bits per heavy atom. The lowest BCUT2D eigenvalue weighted by atomic mass is 9.93. The molecule has 0 amide bonds. The minimum Gasteiger partial charge on any atom is -0.330 e. The number of hydrogen-bond acceptors (Lipinski definition) is 2. The normalized spacial score (nSPS) is 14.6. The molecule has 2 N–H and O–H groups in total. The van der Waals surface area contributed by atoms with Gasteiger partial charge in [-0.1, -0.05) is 19.1 Å². The monoisotopic (exact) mass is 194 g/mol. The highest BCUT2D eigenvalue weighted by Gasteiger charge is 2.11. The van der Waals surface area contributed by atoms with Gasteiger partial charge in [0.2, 0.25) is 0 Å². The van der Waals surface area contributed by atoms with Gasteiger partial charge in [-0.3, -0.25) is 4.99 Å². The zero-order chi connectivity index (χ0) is 11.1. The fourth-order valence-electron chi connectivity index (χ4n) is 1.68. The summed E-state index contributed by atoms with van der Waals surface area (Å²) in [6.07, 6.45) is 1.88. The first-order valence-electron chi connectivity index (χ1n) is 5.12. The van der Waals surface area contributed by atoms with Crippen molar-refractivity contribution in [1.82, 2.24) is 0 Å². The van der Waals surface area contributed by atoms with Gasteiger partial charge >= 0.3 is 0 Å². The number of nitrogens with zero attached hydrogens (tertiary/aromatic N) is 1. The Balaban J connectivity index is 5.07. The molecule has 0 spiro atoms. The molecule has 0 saturated heterocycles. The Bertz CT molecular complexity index is 239. The molecule has 1 unspecified atom stereocenters. The summed E-state index contributed by atoms with van der Waals surface area (Å²) >= 11 is 0. The average Bonchev–Trinajstić information content (AvgIpc) is 2.16. The smallest absolute Gasteiger partial charge is 0.0679 e. The van der Waals surface area contributed by atoms with Crippen LogP contribution in [-0.2, 0) is 0 Å². The second kappa shape index (κ2) is 6.55. The van der Waals surface area contributed by atoms with Crippen LogP contribution in [0.5, 0.6) is 0 Å². The maximum Gasteiger partial charge on any atom is 0.0679 e. The highest BCUT2D eigenvalue weighted by atomic mass is 14.7. The molecule has 2 heteroatoms. The molecule has 0 fully saturated rings. The standard InChI is InChI=1S/C12H22N2/c1-6-11(9(2)3)12(7-8-13)10(4)14-5/h10H,2,5-8,13H2,1,3-4H3/b12-11-. The van der Waals surface area contributed by atoms with Crippen molar-refractivity contribution in [3.63, 3.8) is 0 Å². The largest absolute Gasteiger partial charge is 0.330 e. The van der Waals surface area contributed by atoms with E-state index in [1.54, 1.807) is 0 Å². The molecule has 1 atom stereocenters. The van der Waals surface area contributed by atoms with Crippen molar-refractivity contribution in [2.75, 3.05) is 6.54 Å². The van der Waals surface area contributed by atoms with Crippen LogP contribution in [0.2, 0.25) is 0 Å². The molecule has 0 bridgehead atoms. The quantitative estimate of drug-likeness (QED) is 0.512. The molecule has 0 heterocycles. The SMILES string of the molecule is C=NC(C)/C(CCN)=C(/CC)C(=C)C. The first-order chi connectivity index (χ1) is 6.58. The van der Waals surface area contributed by atoms with Crippen LogP contribution >= 0.6 is 0 Å². The van der Waals surface area contributed by atoms with Gasteiger partial charge in [-0.2, -0.15) is 0 Å². The molecule has 0 saturated carbocycles. The second-order valence-corrected chi connectivity index (χ2v) is 3.53. The lowest BCUT2D eigenvalue weighted by molar-refractivity contribution is 0.769.